The lowest BCUT2D eigenvalue weighted by molar-refractivity contribution is -0.114. The van der Waals surface area contributed by atoms with E-state index in [0.29, 0.717) is 11.8 Å². The zero-order chi connectivity index (χ0) is 17.6. The number of benzene rings is 2. The quantitative estimate of drug-likeness (QED) is 0.660. The summed E-state index contributed by atoms with van der Waals surface area (Å²) >= 11 is 0. The molecule has 1 amide bonds. The molecule has 0 saturated carbocycles. The van der Waals surface area contributed by atoms with Gasteiger partial charge in [0.05, 0.1) is 6.20 Å². The van der Waals surface area contributed by atoms with Crippen LogP contribution in [-0.2, 0) is 4.79 Å². The van der Waals surface area contributed by atoms with Crippen molar-refractivity contribution >= 4 is 34.7 Å². The topological polar surface area (TPSA) is 91.8 Å². The monoisotopic (exact) mass is 334 g/mol. The van der Waals surface area contributed by atoms with Crippen molar-refractivity contribution in [3.63, 3.8) is 0 Å². The highest BCUT2D eigenvalue weighted by Gasteiger charge is 2.03. The summed E-state index contributed by atoms with van der Waals surface area (Å²) < 4.78 is 0. The summed E-state index contributed by atoms with van der Waals surface area (Å²) in [6.07, 6.45) is 1.56. The molecule has 2 aromatic carbocycles. The highest BCUT2D eigenvalue weighted by Crippen LogP contribution is 2.18. The molecule has 0 radical (unpaired) electrons. The Morgan fingerprint density at radius 1 is 0.880 bits per heavy atom. The van der Waals surface area contributed by atoms with Gasteiger partial charge in [0.2, 0.25) is 11.9 Å². The summed E-state index contributed by atoms with van der Waals surface area (Å²) in [6.45, 7) is 3.51. The fourth-order valence-electron chi connectivity index (χ4n) is 2.17. The number of rotatable bonds is 5. The highest BCUT2D eigenvalue weighted by molar-refractivity contribution is 5.88. The first-order chi connectivity index (χ1) is 12.1. The average Bonchev–Trinajstić information content (AvgIpc) is 2.59. The molecule has 0 aliphatic rings. The second kappa shape index (κ2) is 7.39. The number of aryl methyl sites for hydroxylation is 1. The molecule has 126 valence electrons. The van der Waals surface area contributed by atoms with Gasteiger partial charge in [0.1, 0.15) is 0 Å². The minimum Gasteiger partial charge on any atom is -0.339 e. The summed E-state index contributed by atoms with van der Waals surface area (Å²) in [6, 6.07) is 15.2. The van der Waals surface area contributed by atoms with Crippen LogP contribution in [0.1, 0.15) is 12.5 Å². The molecule has 0 fully saturated rings. The number of nitrogens with zero attached hydrogens (tertiary/aromatic N) is 3. The van der Waals surface area contributed by atoms with Crippen LogP contribution in [0, 0.1) is 6.92 Å². The van der Waals surface area contributed by atoms with E-state index >= 15 is 0 Å². The smallest absolute Gasteiger partial charge is 0.249 e. The third kappa shape index (κ3) is 4.74. The minimum atomic E-state index is -0.108. The van der Waals surface area contributed by atoms with Gasteiger partial charge in [-0.05, 0) is 43.3 Å². The molecule has 0 aliphatic heterocycles. The van der Waals surface area contributed by atoms with Crippen LogP contribution in [0.5, 0.6) is 0 Å². The summed E-state index contributed by atoms with van der Waals surface area (Å²) in [5.41, 5.74) is 3.64. The standard InChI is InChI=1S/C18H18N6O/c1-12-3-5-15(6-4-12)21-17-11-19-24-18(23-17)22-16-9-7-14(8-10-16)20-13(2)25/h3-11H,1-2H3,(H,20,25)(H2,21,22,23,24). The third-order valence-corrected chi connectivity index (χ3v) is 3.34. The number of hydrogen-bond donors (Lipinski definition) is 3. The second-order valence-electron chi connectivity index (χ2n) is 5.54. The van der Waals surface area contributed by atoms with Crippen LogP contribution in [0.4, 0.5) is 28.8 Å². The molecule has 1 heterocycles. The van der Waals surface area contributed by atoms with Gasteiger partial charge in [-0.1, -0.05) is 17.7 Å². The molecule has 0 saturated heterocycles. The maximum Gasteiger partial charge on any atom is 0.249 e. The van der Waals surface area contributed by atoms with E-state index in [9.17, 15) is 4.79 Å². The Labute approximate surface area is 145 Å². The lowest BCUT2D eigenvalue weighted by Crippen LogP contribution is -2.05. The molecule has 0 spiro atoms. The lowest BCUT2D eigenvalue weighted by Gasteiger charge is -2.08. The van der Waals surface area contributed by atoms with Gasteiger partial charge in [0, 0.05) is 24.0 Å². The van der Waals surface area contributed by atoms with Crippen LogP contribution in [0.2, 0.25) is 0 Å². The van der Waals surface area contributed by atoms with Crippen molar-refractivity contribution in [1.82, 2.24) is 15.2 Å². The number of hydrogen-bond acceptors (Lipinski definition) is 6. The van der Waals surface area contributed by atoms with Crippen LogP contribution >= 0.6 is 0 Å². The van der Waals surface area contributed by atoms with E-state index in [1.165, 1.54) is 12.5 Å². The molecule has 0 unspecified atom stereocenters. The molecule has 7 nitrogen and oxygen atoms in total. The SMILES string of the molecule is CC(=O)Nc1ccc(Nc2nncc(Nc3ccc(C)cc3)n2)cc1. The van der Waals surface area contributed by atoms with Crippen molar-refractivity contribution in [2.24, 2.45) is 0 Å². The van der Waals surface area contributed by atoms with E-state index < -0.39 is 0 Å². The third-order valence-electron chi connectivity index (χ3n) is 3.34. The molecular formula is C18H18N6O. The van der Waals surface area contributed by atoms with Gasteiger partial charge < -0.3 is 16.0 Å². The van der Waals surface area contributed by atoms with E-state index in [1.54, 1.807) is 18.3 Å². The lowest BCUT2D eigenvalue weighted by atomic mass is 10.2. The number of carbonyl (C=O) groups excluding carboxylic acids is 1. The van der Waals surface area contributed by atoms with Crippen molar-refractivity contribution < 1.29 is 4.79 Å². The molecular weight excluding hydrogens is 316 g/mol. The van der Waals surface area contributed by atoms with Crippen molar-refractivity contribution in [1.29, 1.82) is 0 Å². The second-order valence-corrected chi connectivity index (χ2v) is 5.54. The fraction of sp³-hybridized carbons (Fsp3) is 0.111. The minimum absolute atomic E-state index is 0.108. The first kappa shape index (κ1) is 16.4. The van der Waals surface area contributed by atoms with E-state index in [0.717, 1.165) is 17.1 Å². The summed E-state index contributed by atoms with van der Waals surface area (Å²) in [4.78, 5) is 15.4. The molecule has 7 heteroatoms. The van der Waals surface area contributed by atoms with E-state index in [2.05, 4.69) is 31.1 Å². The van der Waals surface area contributed by atoms with Gasteiger partial charge in [0.25, 0.3) is 0 Å². The van der Waals surface area contributed by atoms with Crippen LogP contribution in [0.15, 0.2) is 54.7 Å². The van der Waals surface area contributed by atoms with E-state index in [1.807, 2.05) is 43.3 Å². The Bertz CT molecular complexity index is 861. The highest BCUT2D eigenvalue weighted by atomic mass is 16.1. The fourth-order valence-corrected chi connectivity index (χ4v) is 2.17. The normalized spacial score (nSPS) is 10.2. The zero-order valence-electron chi connectivity index (χ0n) is 13.9. The maximum atomic E-state index is 11.0. The summed E-state index contributed by atoms with van der Waals surface area (Å²) in [7, 11) is 0. The molecule has 0 bridgehead atoms. The van der Waals surface area contributed by atoms with Crippen molar-refractivity contribution in [3.05, 3.63) is 60.3 Å². The number of carbonyl (C=O) groups is 1. The van der Waals surface area contributed by atoms with Crippen molar-refractivity contribution in [3.8, 4) is 0 Å². The zero-order valence-corrected chi connectivity index (χ0v) is 13.9. The summed E-state index contributed by atoms with van der Waals surface area (Å²) in [5, 5.41) is 16.9. The summed E-state index contributed by atoms with van der Waals surface area (Å²) in [5.74, 6) is 0.865. The molecule has 3 aromatic rings. The van der Waals surface area contributed by atoms with Crippen LogP contribution < -0.4 is 16.0 Å². The Balaban J connectivity index is 1.68. The van der Waals surface area contributed by atoms with Crippen molar-refractivity contribution in [2.45, 2.75) is 13.8 Å². The van der Waals surface area contributed by atoms with E-state index in [4.69, 9.17) is 0 Å². The molecule has 3 rings (SSSR count). The number of anilines is 5. The number of nitrogens with one attached hydrogen (secondary N) is 3. The molecule has 1 aromatic heterocycles. The average molecular weight is 334 g/mol. The van der Waals surface area contributed by atoms with Gasteiger partial charge in [-0.25, -0.2) is 0 Å². The Morgan fingerprint density at radius 2 is 1.48 bits per heavy atom. The predicted octanol–water partition coefficient (Wildman–Crippen LogP) is 3.63. The van der Waals surface area contributed by atoms with Crippen LogP contribution in [0.25, 0.3) is 0 Å². The predicted molar refractivity (Wildman–Crippen MR) is 98.3 cm³/mol. The Kier molecular flexibility index (Phi) is 4.84. The van der Waals surface area contributed by atoms with Gasteiger partial charge >= 0.3 is 0 Å². The molecule has 0 atom stereocenters. The van der Waals surface area contributed by atoms with Gasteiger partial charge in [-0.3, -0.25) is 4.79 Å². The van der Waals surface area contributed by atoms with Crippen LogP contribution in [-0.4, -0.2) is 21.1 Å². The van der Waals surface area contributed by atoms with Crippen molar-refractivity contribution in [2.75, 3.05) is 16.0 Å². The van der Waals surface area contributed by atoms with Gasteiger partial charge in [0.15, 0.2) is 5.82 Å². The largest absolute Gasteiger partial charge is 0.339 e. The number of amides is 1. The molecule has 25 heavy (non-hydrogen) atoms. The Morgan fingerprint density at radius 3 is 2.16 bits per heavy atom. The Hall–Kier alpha value is -3.48. The molecule has 3 N–H and O–H groups in total. The van der Waals surface area contributed by atoms with Crippen LogP contribution in [0.3, 0.4) is 0 Å². The maximum absolute atomic E-state index is 11.0. The first-order valence-electron chi connectivity index (χ1n) is 7.76. The first-order valence-corrected chi connectivity index (χ1v) is 7.76. The van der Waals surface area contributed by atoms with Gasteiger partial charge in [-0.15, -0.1) is 5.10 Å². The molecule has 0 aliphatic carbocycles. The number of aromatic nitrogens is 3. The van der Waals surface area contributed by atoms with E-state index in [-0.39, 0.29) is 5.91 Å². The van der Waals surface area contributed by atoms with Gasteiger partial charge in [-0.2, -0.15) is 10.1 Å².